The summed E-state index contributed by atoms with van der Waals surface area (Å²) in [5, 5.41) is 10.2. The molecular weight excluding hydrogens is 292 g/mol. The Labute approximate surface area is 146 Å². The third kappa shape index (κ3) is 2.22. The van der Waals surface area contributed by atoms with Crippen molar-refractivity contribution in [2.75, 3.05) is 0 Å². The molecule has 5 atom stereocenters. The van der Waals surface area contributed by atoms with Crippen molar-refractivity contribution in [3.8, 4) is 17.6 Å². The summed E-state index contributed by atoms with van der Waals surface area (Å²) < 4.78 is 0. The van der Waals surface area contributed by atoms with Gasteiger partial charge in [0.05, 0.1) is 5.56 Å². The molecule has 0 aliphatic heterocycles. The van der Waals surface area contributed by atoms with E-state index in [2.05, 4.69) is 31.8 Å². The van der Waals surface area contributed by atoms with E-state index in [1.165, 1.54) is 49.7 Å². The van der Waals surface area contributed by atoms with E-state index in [0.29, 0.717) is 17.1 Å². The van der Waals surface area contributed by atoms with Crippen LogP contribution < -0.4 is 0 Å². The van der Waals surface area contributed by atoms with E-state index in [1.54, 1.807) is 0 Å². The number of phenolic OH excluding ortho intramolecular Hbond substituents is 1. The molecule has 0 spiro atoms. The topological polar surface area (TPSA) is 20.2 Å². The second kappa shape index (κ2) is 5.83. The van der Waals surface area contributed by atoms with E-state index in [9.17, 15) is 5.11 Å². The van der Waals surface area contributed by atoms with Crippen molar-refractivity contribution in [1.82, 2.24) is 0 Å². The first-order chi connectivity index (χ1) is 11.6. The third-order valence-electron chi connectivity index (χ3n) is 7.79. The van der Waals surface area contributed by atoms with Gasteiger partial charge < -0.3 is 5.11 Å². The number of hydrogen-bond acceptors (Lipinski definition) is 1. The van der Waals surface area contributed by atoms with E-state index in [4.69, 9.17) is 0 Å². The van der Waals surface area contributed by atoms with Crippen LogP contribution in [0.2, 0.25) is 0 Å². The highest BCUT2D eigenvalue weighted by molar-refractivity contribution is 5.52. The molecule has 1 aromatic rings. The Balaban J connectivity index is 1.71. The number of benzene rings is 1. The molecule has 1 heteroatoms. The van der Waals surface area contributed by atoms with Crippen LogP contribution >= 0.6 is 0 Å². The third-order valence-corrected chi connectivity index (χ3v) is 7.79. The number of hydrogen-bond donors (Lipinski definition) is 1. The lowest BCUT2D eigenvalue weighted by atomic mass is 9.54. The van der Waals surface area contributed by atoms with E-state index < -0.39 is 0 Å². The molecule has 3 aliphatic carbocycles. The lowest BCUT2D eigenvalue weighted by Crippen LogP contribution is -2.42. The molecular formula is C23H30O. The van der Waals surface area contributed by atoms with Crippen LogP contribution in [0.15, 0.2) is 12.1 Å². The van der Waals surface area contributed by atoms with Crippen LogP contribution in [0.3, 0.4) is 0 Å². The first-order valence-corrected chi connectivity index (χ1v) is 9.87. The maximum atomic E-state index is 10.2. The molecule has 0 heterocycles. The van der Waals surface area contributed by atoms with Crippen molar-refractivity contribution < 1.29 is 5.11 Å². The zero-order chi connectivity index (χ0) is 16.9. The van der Waals surface area contributed by atoms with Crippen LogP contribution in [0, 0.1) is 35.0 Å². The van der Waals surface area contributed by atoms with Crippen LogP contribution in [0.1, 0.15) is 81.9 Å². The van der Waals surface area contributed by atoms with Gasteiger partial charge in [0.1, 0.15) is 5.75 Å². The molecule has 0 aromatic heterocycles. The fourth-order valence-electron chi connectivity index (χ4n) is 6.62. The van der Waals surface area contributed by atoms with Crippen LogP contribution in [0.25, 0.3) is 0 Å². The van der Waals surface area contributed by atoms with Gasteiger partial charge in [-0.1, -0.05) is 26.2 Å². The quantitative estimate of drug-likeness (QED) is 0.663. The fraction of sp³-hybridized carbons (Fsp3) is 0.652. The number of rotatable bonds is 1. The van der Waals surface area contributed by atoms with Gasteiger partial charge >= 0.3 is 0 Å². The zero-order valence-corrected chi connectivity index (χ0v) is 15.4. The first kappa shape index (κ1) is 16.1. The van der Waals surface area contributed by atoms with Crippen molar-refractivity contribution in [1.29, 1.82) is 0 Å². The highest BCUT2D eigenvalue weighted by Gasteiger charge is 2.53. The minimum absolute atomic E-state index is 0.370. The first-order valence-electron chi connectivity index (χ1n) is 9.87. The van der Waals surface area contributed by atoms with Crippen molar-refractivity contribution in [2.45, 2.75) is 71.6 Å². The largest absolute Gasteiger partial charge is 0.507 e. The summed E-state index contributed by atoms with van der Waals surface area (Å²) in [7, 11) is 0. The van der Waals surface area contributed by atoms with Crippen LogP contribution in [-0.4, -0.2) is 5.11 Å². The Bertz CT molecular complexity index is 707. The van der Waals surface area contributed by atoms with E-state index in [1.807, 2.05) is 13.0 Å². The van der Waals surface area contributed by atoms with E-state index in [0.717, 1.165) is 29.7 Å². The minimum Gasteiger partial charge on any atom is -0.507 e. The van der Waals surface area contributed by atoms with Gasteiger partial charge in [-0.25, -0.2) is 0 Å². The molecule has 3 unspecified atom stereocenters. The van der Waals surface area contributed by atoms with Gasteiger partial charge in [0.2, 0.25) is 0 Å². The Morgan fingerprint density at radius 3 is 2.79 bits per heavy atom. The molecule has 0 radical (unpaired) electrons. The maximum absolute atomic E-state index is 10.2. The number of aryl methyl sites for hydroxylation is 1. The van der Waals surface area contributed by atoms with Gasteiger partial charge in [0, 0.05) is 0 Å². The molecule has 4 rings (SSSR count). The van der Waals surface area contributed by atoms with Gasteiger partial charge in [0.15, 0.2) is 0 Å². The number of fused-ring (bicyclic) bond motifs is 5. The smallest absolute Gasteiger partial charge is 0.131 e. The normalized spacial score (nSPS) is 37.0. The SMILES string of the molecule is CC#Cc1cc2c(cc1O)CCC1C2CC[C@@]2(C)C1CC[C@@H]2CC. The Hall–Kier alpha value is -1.42. The van der Waals surface area contributed by atoms with E-state index in [-0.39, 0.29) is 0 Å². The van der Waals surface area contributed by atoms with Gasteiger partial charge in [-0.05, 0) is 97.8 Å². The summed E-state index contributed by atoms with van der Waals surface area (Å²) in [5.74, 6) is 9.80. The summed E-state index contributed by atoms with van der Waals surface area (Å²) in [4.78, 5) is 0. The second-order valence-electron chi connectivity index (χ2n) is 8.59. The van der Waals surface area contributed by atoms with Gasteiger partial charge in [-0.3, -0.25) is 0 Å². The molecule has 2 saturated carbocycles. The van der Waals surface area contributed by atoms with Gasteiger partial charge in [0.25, 0.3) is 0 Å². The molecule has 3 aliphatic rings. The molecule has 0 bridgehead atoms. The Kier molecular flexibility index (Phi) is 3.91. The predicted molar refractivity (Wildman–Crippen MR) is 99.1 cm³/mol. The standard InChI is InChI=1S/C23H30O/c1-4-6-16-13-20-15(14-22(16)24)7-9-19-18(20)11-12-23(3)17(5-2)8-10-21(19)23/h13-14,17-19,21,24H,5,7-12H2,1-3H3/t17-,18?,19?,21?,23+/m0/s1. The van der Waals surface area contributed by atoms with Crippen LogP contribution in [0.4, 0.5) is 0 Å². The molecule has 2 fully saturated rings. The van der Waals surface area contributed by atoms with Gasteiger partial charge in [-0.2, -0.15) is 0 Å². The molecule has 0 saturated heterocycles. The summed E-state index contributed by atoms with van der Waals surface area (Å²) in [6.45, 7) is 6.82. The lowest BCUT2D eigenvalue weighted by Gasteiger charge is -2.51. The molecule has 0 amide bonds. The summed E-state index contributed by atoms with van der Waals surface area (Å²) in [5.41, 5.74) is 4.28. The maximum Gasteiger partial charge on any atom is 0.131 e. The summed E-state index contributed by atoms with van der Waals surface area (Å²) in [6.07, 6.45) is 9.38. The molecule has 128 valence electrons. The molecule has 1 aromatic carbocycles. The van der Waals surface area contributed by atoms with Crippen LogP contribution in [-0.2, 0) is 6.42 Å². The molecule has 1 nitrogen and oxygen atoms in total. The monoisotopic (exact) mass is 322 g/mol. The minimum atomic E-state index is 0.370. The zero-order valence-electron chi connectivity index (χ0n) is 15.4. The number of aromatic hydroxyl groups is 1. The second-order valence-corrected chi connectivity index (χ2v) is 8.59. The predicted octanol–water partition coefficient (Wildman–Crippen LogP) is 5.65. The van der Waals surface area contributed by atoms with Crippen molar-refractivity contribution in [3.05, 3.63) is 28.8 Å². The van der Waals surface area contributed by atoms with Crippen LogP contribution in [0.5, 0.6) is 5.75 Å². The molecule has 1 N–H and O–H groups in total. The average Bonchev–Trinajstić information content (AvgIpc) is 2.92. The molecule has 24 heavy (non-hydrogen) atoms. The fourth-order valence-corrected chi connectivity index (χ4v) is 6.62. The summed E-state index contributed by atoms with van der Waals surface area (Å²) in [6, 6.07) is 4.22. The highest BCUT2D eigenvalue weighted by atomic mass is 16.3. The van der Waals surface area contributed by atoms with E-state index >= 15 is 0 Å². The average molecular weight is 322 g/mol. The lowest BCUT2D eigenvalue weighted by molar-refractivity contribution is 0.0273. The highest BCUT2D eigenvalue weighted by Crippen LogP contribution is 2.63. The Morgan fingerprint density at radius 2 is 2.04 bits per heavy atom. The number of phenols is 1. The summed E-state index contributed by atoms with van der Waals surface area (Å²) >= 11 is 0. The van der Waals surface area contributed by atoms with Gasteiger partial charge in [-0.15, -0.1) is 5.92 Å². The van der Waals surface area contributed by atoms with Crippen molar-refractivity contribution in [3.63, 3.8) is 0 Å². The van der Waals surface area contributed by atoms with Crippen molar-refractivity contribution >= 4 is 0 Å². The van der Waals surface area contributed by atoms with Crippen molar-refractivity contribution in [2.24, 2.45) is 23.2 Å². The Morgan fingerprint density at radius 1 is 1.21 bits per heavy atom.